The molecule has 7 nitrogen and oxygen atoms in total. The Labute approximate surface area is 170 Å². The first-order valence-electron chi connectivity index (χ1n) is 9.68. The van der Waals surface area contributed by atoms with E-state index in [0.29, 0.717) is 35.7 Å². The summed E-state index contributed by atoms with van der Waals surface area (Å²) in [5.41, 5.74) is 1.72. The number of ether oxygens (including phenoxy) is 1. The van der Waals surface area contributed by atoms with Gasteiger partial charge in [-0.25, -0.2) is 0 Å². The van der Waals surface area contributed by atoms with Crippen molar-refractivity contribution in [3.8, 4) is 5.75 Å². The summed E-state index contributed by atoms with van der Waals surface area (Å²) in [6.45, 7) is 0.676. The van der Waals surface area contributed by atoms with Gasteiger partial charge in [-0.1, -0.05) is 6.42 Å². The summed E-state index contributed by atoms with van der Waals surface area (Å²) < 4.78 is 5.09. The summed E-state index contributed by atoms with van der Waals surface area (Å²) >= 11 is 0. The molecule has 1 aliphatic heterocycles. The third kappa shape index (κ3) is 5.81. The number of likely N-dealkylation sites (tertiary alicyclic amines) is 1. The van der Waals surface area contributed by atoms with Crippen molar-refractivity contribution < 1.29 is 19.1 Å². The largest absolute Gasteiger partial charge is 0.497 e. The fourth-order valence-corrected chi connectivity index (χ4v) is 3.16. The maximum absolute atomic E-state index is 12.4. The number of amides is 3. The molecule has 0 bridgehead atoms. The second kappa shape index (κ2) is 9.73. The summed E-state index contributed by atoms with van der Waals surface area (Å²) in [5.74, 6) is 0.257. The molecule has 0 spiro atoms. The van der Waals surface area contributed by atoms with Crippen molar-refractivity contribution in [3.63, 3.8) is 0 Å². The van der Waals surface area contributed by atoms with Gasteiger partial charge in [-0.2, -0.15) is 0 Å². The molecule has 2 aromatic rings. The number of carbonyl (C=O) groups excluding carboxylic acids is 3. The van der Waals surface area contributed by atoms with Gasteiger partial charge in [0.2, 0.25) is 11.8 Å². The number of methoxy groups -OCH3 is 1. The van der Waals surface area contributed by atoms with Gasteiger partial charge in [-0.15, -0.1) is 0 Å². The predicted octanol–water partition coefficient (Wildman–Crippen LogP) is 3.29. The van der Waals surface area contributed by atoms with Crippen LogP contribution in [0.5, 0.6) is 5.75 Å². The van der Waals surface area contributed by atoms with Crippen LogP contribution in [0.2, 0.25) is 0 Å². The first-order valence-corrected chi connectivity index (χ1v) is 9.68. The summed E-state index contributed by atoms with van der Waals surface area (Å²) in [4.78, 5) is 38.2. The Morgan fingerprint density at radius 1 is 0.931 bits per heavy atom. The molecule has 3 rings (SSSR count). The van der Waals surface area contributed by atoms with E-state index in [2.05, 4.69) is 10.6 Å². The average molecular weight is 395 g/mol. The van der Waals surface area contributed by atoms with Gasteiger partial charge in [-0.3, -0.25) is 14.4 Å². The third-order valence-electron chi connectivity index (χ3n) is 4.78. The highest BCUT2D eigenvalue weighted by molar-refractivity contribution is 6.04. The van der Waals surface area contributed by atoms with E-state index >= 15 is 0 Å². The molecule has 1 fully saturated rings. The Morgan fingerprint density at radius 2 is 1.59 bits per heavy atom. The van der Waals surface area contributed by atoms with Gasteiger partial charge in [0.25, 0.3) is 5.91 Å². The highest BCUT2D eigenvalue weighted by Crippen LogP contribution is 2.17. The number of benzene rings is 2. The fourth-order valence-electron chi connectivity index (χ4n) is 3.16. The number of anilines is 2. The molecular weight excluding hydrogens is 370 g/mol. The van der Waals surface area contributed by atoms with Crippen molar-refractivity contribution in [1.82, 2.24) is 4.90 Å². The molecular formula is C22H25N3O4. The van der Waals surface area contributed by atoms with E-state index in [0.717, 1.165) is 19.3 Å². The maximum Gasteiger partial charge on any atom is 0.255 e. The van der Waals surface area contributed by atoms with Crippen LogP contribution in [-0.4, -0.2) is 42.8 Å². The zero-order chi connectivity index (χ0) is 20.6. The molecule has 0 atom stereocenters. The molecule has 29 heavy (non-hydrogen) atoms. The minimum absolute atomic E-state index is 0.0307. The van der Waals surface area contributed by atoms with Gasteiger partial charge in [0.1, 0.15) is 5.75 Å². The summed E-state index contributed by atoms with van der Waals surface area (Å²) in [7, 11) is 1.58. The molecule has 0 aromatic heterocycles. The SMILES string of the molecule is COc1ccc(NC(=O)c2ccc(NC(=O)CN3CCCCCC3=O)cc2)cc1. The summed E-state index contributed by atoms with van der Waals surface area (Å²) in [5, 5.41) is 5.59. The summed E-state index contributed by atoms with van der Waals surface area (Å²) in [6, 6.07) is 13.7. The highest BCUT2D eigenvalue weighted by atomic mass is 16.5. The van der Waals surface area contributed by atoms with Crippen LogP contribution in [0.1, 0.15) is 36.0 Å². The monoisotopic (exact) mass is 395 g/mol. The fraction of sp³-hybridized carbons (Fsp3) is 0.318. The van der Waals surface area contributed by atoms with Crippen LogP contribution >= 0.6 is 0 Å². The van der Waals surface area contributed by atoms with E-state index in [-0.39, 0.29) is 24.3 Å². The van der Waals surface area contributed by atoms with Crippen LogP contribution in [0, 0.1) is 0 Å². The lowest BCUT2D eigenvalue weighted by Gasteiger charge is -2.19. The molecule has 1 heterocycles. The Bertz CT molecular complexity index is 863. The molecule has 0 saturated carbocycles. The topological polar surface area (TPSA) is 87.7 Å². The number of nitrogens with zero attached hydrogens (tertiary/aromatic N) is 1. The second-order valence-electron chi connectivity index (χ2n) is 6.93. The van der Waals surface area contributed by atoms with E-state index in [9.17, 15) is 14.4 Å². The van der Waals surface area contributed by atoms with Crippen molar-refractivity contribution in [3.05, 3.63) is 54.1 Å². The van der Waals surface area contributed by atoms with Crippen LogP contribution in [0.3, 0.4) is 0 Å². The molecule has 3 amide bonds. The minimum Gasteiger partial charge on any atom is -0.497 e. The van der Waals surface area contributed by atoms with E-state index in [4.69, 9.17) is 4.74 Å². The molecule has 2 aromatic carbocycles. The quantitative estimate of drug-likeness (QED) is 0.786. The number of carbonyl (C=O) groups is 3. The van der Waals surface area contributed by atoms with Crippen molar-refractivity contribution in [2.45, 2.75) is 25.7 Å². The van der Waals surface area contributed by atoms with Gasteiger partial charge in [0.05, 0.1) is 13.7 Å². The molecule has 2 N–H and O–H groups in total. The normalized spacial score (nSPS) is 14.1. The van der Waals surface area contributed by atoms with Gasteiger partial charge in [0.15, 0.2) is 0 Å². The minimum atomic E-state index is -0.247. The van der Waals surface area contributed by atoms with Gasteiger partial charge < -0.3 is 20.3 Å². The Balaban J connectivity index is 1.54. The van der Waals surface area contributed by atoms with Crippen LogP contribution in [0.4, 0.5) is 11.4 Å². The lowest BCUT2D eigenvalue weighted by Crippen LogP contribution is -2.37. The second-order valence-corrected chi connectivity index (χ2v) is 6.93. The van der Waals surface area contributed by atoms with Crippen LogP contribution < -0.4 is 15.4 Å². The first-order chi connectivity index (χ1) is 14.0. The van der Waals surface area contributed by atoms with Crippen molar-refractivity contribution in [2.75, 3.05) is 30.8 Å². The zero-order valence-electron chi connectivity index (χ0n) is 16.4. The van der Waals surface area contributed by atoms with E-state index < -0.39 is 0 Å². The lowest BCUT2D eigenvalue weighted by atomic mass is 10.2. The van der Waals surface area contributed by atoms with Crippen molar-refractivity contribution >= 4 is 29.1 Å². The molecule has 1 saturated heterocycles. The van der Waals surface area contributed by atoms with Crippen molar-refractivity contribution in [1.29, 1.82) is 0 Å². The van der Waals surface area contributed by atoms with E-state index in [1.165, 1.54) is 0 Å². The molecule has 1 aliphatic rings. The van der Waals surface area contributed by atoms with E-state index in [1.54, 1.807) is 60.5 Å². The van der Waals surface area contributed by atoms with Crippen LogP contribution in [-0.2, 0) is 9.59 Å². The first kappa shape index (κ1) is 20.4. The number of nitrogens with one attached hydrogen (secondary N) is 2. The predicted molar refractivity (Wildman–Crippen MR) is 111 cm³/mol. The molecule has 152 valence electrons. The number of hydrogen-bond donors (Lipinski definition) is 2. The Hall–Kier alpha value is -3.35. The number of rotatable bonds is 6. The highest BCUT2D eigenvalue weighted by Gasteiger charge is 2.19. The Kier molecular flexibility index (Phi) is 6.84. The van der Waals surface area contributed by atoms with Crippen molar-refractivity contribution in [2.24, 2.45) is 0 Å². The summed E-state index contributed by atoms with van der Waals surface area (Å²) in [6.07, 6.45) is 3.34. The molecule has 0 radical (unpaired) electrons. The average Bonchev–Trinajstić information content (AvgIpc) is 2.93. The lowest BCUT2D eigenvalue weighted by molar-refractivity contribution is -0.134. The number of hydrogen-bond acceptors (Lipinski definition) is 4. The van der Waals surface area contributed by atoms with Crippen LogP contribution in [0.15, 0.2) is 48.5 Å². The standard InChI is InChI=1S/C22H25N3O4/c1-29-19-12-10-18(11-13-19)24-22(28)16-6-8-17(9-7-16)23-20(26)15-25-14-4-2-3-5-21(25)27/h6-13H,2-5,14-15H2,1H3,(H,23,26)(H,24,28). The van der Waals surface area contributed by atoms with Gasteiger partial charge >= 0.3 is 0 Å². The van der Waals surface area contributed by atoms with E-state index in [1.807, 2.05) is 0 Å². The molecule has 0 unspecified atom stereocenters. The smallest absolute Gasteiger partial charge is 0.255 e. The van der Waals surface area contributed by atoms with Gasteiger partial charge in [-0.05, 0) is 61.4 Å². The maximum atomic E-state index is 12.4. The Morgan fingerprint density at radius 3 is 2.28 bits per heavy atom. The molecule has 0 aliphatic carbocycles. The van der Waals surface area contributed by atoms with Crippen LogP contribution in [0.25, 0.3) is 0 Å². The molecule has 7 heteroatoms. The third-order valence-corrected chi connectivity index (χ3v) is 4.78. The van der Waals surface area contributed by atoms with Gasteiger partial charge in [0, 0.05) is 29.9 Å². The zero-order valence-corrected chi connectivity index (χ0v) is 16.4.